The topological polar surface area (TPSA) is 143 Å². The highest BCUT2D eigenvalue weighted by Gasteiger charge is 2.36. The number of carboxylic acid groups (broad SMARTS) is 1. The Kier molecular flexibility index (Phi) is 4.40. The number of aryl methyl sites for hydroxylation is 2. The van der Waals surface area contributed by atoms with Gasteiger partial charge in [0, 0.05) is 13.1 Å². The van der Waals surface area contributed by atoms with Crippen LogP contribution in [0.15, 0.2) is 27.7 Å². The molecule has 0 unspecified atom stereocenters. The normalized spacial score (nSPS) is 14.8. The number of sulfonamides is 1. The number of hydrogen-bond donors (Lipinski definition) is 2. The molecule has 0 saturated carbocycles. The Labute approximate surface area is 148 Å². The SMILES string of the molecule is Cc1nc(N2CC(C(=O)NS(=O)(=O)c3cnoc3C)C2)ccc1C(=O)O. The number of carbonyl (C=O) groups is 2. The van der Waals surface area contributed by atoms with Crippen LogP contribution in [-0.4, -0.2) is 48.6 Å². The molecule has 1 fully saturated rings. The zero-order valence-electron chi connectivity index (χ0n) is 14.0. The van der Waals surface area contributed by atoms with Gasteiger partial charge in [-0.1, -0.05) is 5.16 Å². The monoisotopic (exact) mass is 380 g/mol. The average Bonchev–Trinajstić information content (AvgIpc) is 2.92. The molecule has 1 aliphatic rings. The van der Waals surface area contributed by atoms with Crippen LogP contribution in [0.5, 0.6) is 0 Å². The number of anilines is 1. The first-order valence-corrected chi connectivity index (χ1v) is 9.11. The molecule has 0 aromatic carbocycles. The summed E-state index contributed by atoms with van der Waals surface area (Å²) >= 11 is 0. The van der Waals surface area contributed by atoms with Crippen LogP contribution >= 0.6 is 0 Å². The zero-order valence-corrected chi connectivity index (χ0v) is 14.8. The van der Waals surface area contributed by atoms with Crippen molar-refractivity contribution in [3.05, 3.63) is 35.3 Å². The number of carboxylic acids is 1. The number of nitrogens with one attached hydrogen (secondary N) is 1. The van der Waals surface area contributed by atoms with E-state index in [1.807, 2.05) is 4.72 Å². The van der Waals surface area contributed by atoms with Gasteiger partial charge in [0.1, 0.15) is 10.7 Å². The second-order valence-corrected chi connectivity index (χ2v) is 7.58. The van der Waals surface area contributed by atoms with Crippen LogP contribution in [-0.2, 0) is 14.8 Å². The first-order valence-electron chi connectivity index (χ1n) is 7.63. The lowest BCUT2D eigenvalue weighted by molar-refractivity contribution is -0.123. The van der Waals surface area contributed by atoms with Gasteiger partial charge in [-0.15, -0.1) is 0 Å². The Bertz CT molecular complexity index is 978. The van der Waals surface area contributed by atoms with Crippen LogP contribution in [0.1, 0.15) is 21.8 Å². The van der Waals surface area contributed by atoms with E-state index in [-0.39, 0.29) is 29.3 Å². The average molecular weight is 380 g/mol. The van der Waals surface area contributed by atoms with Crippen molar-refractivity contribution < 1.29 is 27.6 Å². The minimum absolute atomic E-state index is 0.0960. The zero-order chi connectivity index (χ0) is 19.1. The Balaban J connectivity index is 1.63. The lowest BCUT2D eigenvalue weighted by atomic mass is 9.99. The van der Waals surface area contributed by atoms with Crippen molar-refractivity contribution in [1.29, 1.82) is 0 Å². The fourth-order valence-corrected chi connectivity index (χ4v) is 3.74. The van der Waals surface area contributed by atoms with E-state index < -0.39 is 27.8 Å². The maximum atomic E-state index is 12.2. The van der Waals surface area contributed by atoms with Gasteiger partial charge in [-0.3, -0.25) is 4.79 Å². The van der Waals surface area contributed by atoms with E-state index in [1.165, 1.54) is 13.0 Å². The summed E-state index contributed by atoms with van der Waals surface area (Å²) in [6, 6.07) is 3.01. The number of carbonyl (C=O) groups excluding carboxylic acids is 1. The summed E-state index contributed by atoms with van der Waals surface area (Å²) in [5.41, 5.74) is 0.479. The summed E-state index contributed by atoms with van der Waals surface area (Å²) in [7, 11) is -4.03. The summed E-state index contributed by atoms with van der Waals surface area (Å²) in [6.07, 6.45) is 1.04. The molecule has 1 saturated heterocycles. The number of amides is 1. The van der Waals surface area contributed by atoms with E-state index in [1.54, 1.807) is 17.9 Å². The molecule has 0 spiro atoms. The maximum absolute atomic E-state index is 12.2. The van der Waals surface area contributed by atoms with Crippen LogP contribution in [0.25, 0.3) is 0 Å². The highest BCUT2D eigenvalue weighted by atomic mass is 32.2. The summed E-state index contributed by atoms with van der Waals surface area (Å²) in [4.78, 5) is 29.0. The van der Waals surface area contributed by atoms with Crippen molar-refractivity contribution in [3.63, 3.8) is 0 Å². The molecule has 0 atom stereocenters. The minimum Gasteiger partial charge on any atom is -0.478 e. The molecule has 11 heteroatoms. The molecular weight excluding hydrogens is 364 g/mol. The van der Waals surface area contributed by atoms with Crippen molar-refractivity contribution >= 4 is 27.7 Å². The Morgan fingerprint density at radius 1 is 1.31 bits per heavy atom. The van der Waals surface area contributed by atoms with Crippen molar-refractivity contribution in [2.45, 2.75) is 18.7 Å². The van der Waals surface area contributed by atoms with Crippen LogP contribution < -0.4 is 9.62 Å². The van der Waals surface area contributed by atoms with Crippen molar-refractivity contribution in [2.24, 2.45) is 5.92 Å². The third-order valence-electron chi connectivity index (χ3n) is 4.11. The van der Waals surface area contributed by atoms with Gasteiger partial charge in [-0.25, -0.2) is 22.9 Å². The van der Waals surface area contributed by atoms with Gasteiger partial charge in [0.15, 0.2) is 5.76 Å². The fraction of sp³-hybridized carbons (Fsp3) is 0.333. The Morgan fingerprint density at radius 2 is 2.00 bits per heavy atom. The molecule has 0 bridgehead atoms. The van der Waals surface area contributed by atoms with E-state index in [0.717, 1.165) is 6.20 Å². The van der Waals surface area contributed by atoms with Gasteiger partial charge < -0.3 is 14.5 Å². The lowest BCUT2D eigenvalue weighted by Crippen LogP contribution is -2.54. The van der Waals surface area contributed by atoms with Gasteiger partial charge >= 0.3 is 5.97 Å². The summed E-state index contributed by atoms with van der Waals surface area (Å²) < 4.78 is 31.0. The van der Waals surface area contributed by atoms with Crippen LogP contribution in [0.3, 0.4) is 0 Å². The van der Waals surface area contributed by atoms with Gasteiger partial charge in [-0.2, -0.15) is 0 Å². The Morgan fingerprint density at radius 3 is 2.54 bits per heavy atom. The van der Waals surface area contributed by atoms with Crippen molar-refractivity contribution in [2.75, 3.05) is 18.0 Å². The molecule has 3 rings (SSSR count). The Hall–Kier alpha value is -2.95. The molecule has 2 aromatic rings. The van der Waals surface area contributed by atoms with E-state index in [9.17, 15) is 18.0 Å². The molecule has 1 aliphatic heterocycles. The van der Waals surface area contributed by atoms with E-state index >= 15 is 0 Å². The standard InChI is InChI=1S/C15H16N4O6S/c1-8-11(15(21)22)3-4-13(17-8)19-6-10(7-19)14(20)18-26(23,24)12-5-16-25-9(12)2/h3-5,10H,6-7H2,1-2H3,(H,18,20)(H,21,22). The predicted molar refractivity (Wildman–Crippen MR) is 88.2 cm³/mol. The fourth-order valence-electron chi connectivity index (χ4n) is 2.60. The van der Waals surface area contributed by atoms with Gasteiger partial charge in [0.2, 0.25) is 5.91 Å². The van der Waals surface area contributed by atoms with Crippen LogP contribution in [0.4, 0.5) is 5.82 Å². The smallest absolute Gasteiger partial charge is 0.337 e. The predicted octanol–water partition coefficient (Wildman–Crippen LogP) is 0.326. The number of pyridine rings is 1. The first-order chi connectivity index (χ1) is 12.2. The summed E-state index contributed by atoms with van der Waals surface area (Å²) in [5, 5.41) is 12.4. The van der Waals surface area contributed by atoms with Gasteiger partial charge in [0.25, 0.3) is 10.0 Å². The number of nitrogens with zero attached hydrogens (tertiary/aromatic N) is 3. The van der Waals surface area contributed by atoms with Gasteiger partial charge in [0.05, 0.1) is 23.4 Å². The summed E-state index contributed by atoms with van der Waals surface area (Å²) in [5.74, 6) is -1.57. The molecule has 138 valence electrons. The third-order valence-corrected chi connectivity index (χ3v) is 5.55. The number of aromatic nitrogens is 2. The van der Waals surface area contributed by atoms with E-state index in [2.05, 4.69) is 10.1 Å². The minimum atomic E-state index is -4.03. The molecule has 3 heterocycles. The van der Waals surface area contributed by atoms with Crippen molar-refractivity contribution in [3.8, 4) is 0 Å². The van der Waals surface area contributed by atoms with Crippen LogP contribution in [0, 0.1) is 19.8 Å². The largest absolute Gasteiger partial charge is 0.478 e. The molecule has 0 aliphatic carbocycles. The van der Waals surface area contributed by atoms with Crippen LogP contribution in [0.2, 0.25) is 0 Å². The molecule has 0 radical (unpaired) electrons. The second kappa shape index (κ2) is 6.41. The van der Waals surface area contributed by atoms with E-state index in [0.29, 0.717) is 11.5 Å². The number of aromatic carboxylic acids is 1. The molecule has 2 aromatic heterocycles. The molecule has 26 heavy (non-hydrogen) atoms. The summed E-state index contributed by atoms with van der Waals surface area (Å²) in [6.45, 7) is 3.59. The molecular formula is C15H16N4O6S. The highest BCUT2D eigenvalue weighted by Crippen LogP contribution is 2.25. The quantitative estimate of drug-likeness (QED) is 0.750. The number of hydrogen-bond acceptors (Lipinski definition) is 8. The molecule has 1 amide bonds. The first kappa shape index (κ1) is 17.9. The molecule has 10 nitrogen and oxygen atoms in total. The maximum Gasteiger partial charge on any atom is 0.337 e. The second-order valence-electron chi connectivity index (χ2n) is 5.93. The third kappa shape index (κ3) is 3.25. The van der Waals surface area contributed by atoms with Gasteiger partial charge in [-0.05, 0) is 26.0 Å². The van der Waals surface area contributed by atoms with Crippen molar-refractivity contribution in [1.82, 2.24) is 14.9 Å². The number of rotatable bonds is 5. The lowest BCUT2D eigenvalue weighted by Gasteiger charge is -2.39. The highest BCUT2D eigenvalue weighted by molar-refractivity contribution is 7.90. The molecule has 2 N–H and O–H groups in total. The van der Waals surface area contributed by atoms with E-state index in [4.69, 9.17) is 9.63 Å².